The predicted octanol–water partition coefficient (Wildman–Crippen LogP) is 2.02. The van der Waals surface area contributed by atoms with Gasteiger partial charge in [-0.1, -0.05) is 38.8 Å². The SMILES string of the molecule is CC1CCCC(NC(=O)CCn2c(=O)[nH]c(=O)c3ccccc32)C1C. The van der Waals surface area contributed by atoms with Gasteiger partial charge in [0.25, 0.3) is 5.56 Å². The summed E-state index contributed by atoms with van der Waals surface area (Å²) in [5.74, 6) is 1.03. The number of nitrogens with one attached hydrogen (secondary N) is 2. The van der Waals surface area contributed by atoms with Crippen LogP contribution in [0.2, 0.25) is 0 Å². The van der Waals surface area contributed by atoms with Gasteiger partial charge in [-0.3, -0.25) is 19.1 Å². The molecule has 1 aromatic carbocycles. The lowest BCUT2D eigenvalue weighted by molar-refractivity contribution is -0.122. The Morgan fingerprint density at radius 1 is 1.24 bits per heavy atom. The number of hydrogen-bond acceptors (Lipinski definition) is 3. The van der Waals surface area contributed by atoms with E-state index in [0.717, 1.165) is 12.8 Å². The van der Waals surface area contributed by atoms with Gasteiger partial charge >= 0.3 is 5.69 Å². The highest BCUT2D eigenvalue weighted by Crippen LogP contribution is 2.29. The molecule has 3 unspecified atom stereocenters. The fourth-order valence-corrected chi connectivity index (χ4v) is 3.74. The molecule has 0 spiro atoms. The van der Waals surface area contributed by atoms with Crippen LogP contribution in [0.25, 0.3) is 10.9 Å². The molecular weight excluding hydrogens is 318 g/mol. The number of carbonyl (C=O) groups is 1. The van der Waals surface area contributed by atoms with E-state index in [4.69, 9.17) is 0 Å². The second kappa shape index (κ2) is 7.25. The number of benzene rings is 1. The number of nitrogens with zero attached hydrogens (tertiary/aromatic N) is 1. The maximum absolute atomic E-state index is 12.4. The molecule has 1 aliphatic rings. The summed E-state index contributed by atoms with van der Waals surface area (Å²) >= 11 is 0. The molecule has 1 aromatic heterocycles. The van der Waals surface area contributed by atoms with Gasteiger partial charge in [-0.25, -0.2) is 4.79 Å². The van der Waals surface area contributed by atoms with E-state index in [1.165, 1.54) is 11.0 Å². The van der Waals surface area contributed by atoms with Gasteiger partial charge in [-0.2, -0.15) is 0 Å². The highest BCUT2D eigenvalue weighted by molar-refractivity contribution is 5.79. The molecule has 1 aliphatic carbocycles. The molecule has 134 valence electrons. The van der Waals surface area contributed by atoms with Crippen molar-refractivity contribution in [2.45, 2.75) is 52.1 Å². The van der Waals surface area contributed by atoms with E-state index in [2.05, 4.69) is 24.1 Å². The summed E-state index contributed by atoms with van der Waals surface area (Å²) in [7, 11) is 0. The Kier molecular flexibility index (Phi) is 5.06. The van der Waals surface area contributed by atoms with Crippen LogP contribution in [0.15, 0.2) is 33.9 Å². The minimum atomic E-state index is -0.476. The van der Waals surface area contributed by atoms with Gasteiger partial charge in [-0.15, -0.1) is 0 Å². The van der Waals surface area contributed by atoms with Crippen LogP contribution in [0.3, 0.4) is 0 Å². The highest BCUT2D eigenvalue weighted by Gasteiger charge is 2.27. The van der Waals surface area contributed by atoms with Crippen molar-refractivity contribution in [3.63, 3.8) is 0 Å². The minimum Gasteiger partial charge on any atom is -0.353 e. The van der Waals surface area contributed by atoms with Crippen molar-refractivity contribution in [3.05, 3.63) is 45.1 Å². The zero-order valence-electron chi connectivity index (χ0n) is 14.7. The first-order valence-corrected chi connectivity index (χ1v) is 8.98. The first kappa shape index (κ1) is 17.5. The maximum Gasteiger partial charge on any atom is 0.328 e. The number of fused-ring (bicyclic) bond motifs is 1. The van der Waals surface area contributed by atoms with Crippen LogP contribution in [0, 0.1) is 11.8 Å². The summed E-state index contributed by atoms with van der Waals surface area (Å²) in [5.41, 5.74) is -0.314. The van der Waals surface area contributed by atoms with E-state index >= 15 is 0 Å². The average molecular weight is 343 g/mol. The Morgan fingerprint density at radius 2 is 2.00 bits per heavy atom. The summed E-state index contributed by atoms with van der Waals surface area (Å²) < 4.78 is 1.46. The van der Waals surface area contributed by atoms with E-state index in [-0.39, 0.29) is 24.9 Å². The van der Waals surface area contributed by atoms with Crippen LogP contribution >= 0.6 is 0 Å². The summed E-state index contributed by atoms with van der Waals surface area (Å²) in [4.78, 5) is 38.7. The Bertz CT molecular complexity index is 883. The average Bonchev–Trinajstić information content (AvgIpc) is 2.59. The van der Waals surface area contributed by atoms with Crippen LogP contribution in [-0.4, -0.2) is 21.5 Å². The third-order valence-electron chi connectivity index (χ3n) is 5.52. The zero-order valence-corrected chi connectivity index (χ0v) is 14.7. The number of hydrogen-bond donors (Lipinski definition) is 2. The first-order chi connectivity index (χ1) is 12.0. The Morgan fingerprint density at radius 3 is 2.80 bits per heavy atom. The Hall–Kier alpha value is -2.37. The fraction of sp³-hybridized carbons (Fsp3) is 0.526. The summed E-state index contributed by atoms with van der Waals surface area (Å²) in [6, 6.07) is 7.15. The molecule has 0 saturated heterocycles. The van der Waals surface area contributed by atoms with E-state index < -0.39 is 11.2 Å². The molecule has 3 atom stereocenters. The van der Waals surface area contributed by atoms with Crippen LogP contribution in [-0.2, 0) is 11.3 Å². The van der Waals surface area contributed by atoms with Gasteiger partial charge < -0.3 is 5.32 Å². The van der Waals surface area contributed by atoms with Crippen molar-refractivity contribution in [1.29, 1.82) is 0 Å². The normalized spacial score (nSPS) is 23.5. The van der Waals surface area contributed by atoms with Gasteiger partial charge in [0.2, 0.25) is 5.91 Å². The summed E-state index contributed by atoms with van der Waals surface area (Å²) in [6.07, 6.45) is 3.58. The van der Waals surface area contributed by atoms with Crippen LogP contribution < -0.4 is 16.6 Å². The third-order valence-corrected chi connectivity index (χ3v) is 5.52. The van der Waals surface area contributed by atoms with Crippen molar-refractivity contribution in [2.24, 2.45) is 11.8 Å². The molecular formula is C19H25N3O3. The van der Waals surface area contributed by atoms with Crippen LogP contribution in [0.4, 0.5) is 0 Å². The quantitative estimate of drug-likeness (QED) is 0.891. The lowest BCUT2D eigenvalue weighted by Gasteiger charge is -2.34. The molecule has 1 fully saturated rings. The second-order valence-electron chi connectivity index (χ2n) is 7.12. The second-order valence-corrected chi connectivity index (χ2v) is 7.12. The Balaban J connectivity index is 1.72. The molecule has 6 nitrogen and oxygen atoms in total. The number of carbonyl (C=O) groups excluding carboxylic acids is 1. The molecule has 2 N–H and O–H groups in total. The topological polar surface area (TPSA) is 84.0 Å². The number of aromatic nitrogens is 2. The minimum absolute atomic E-state index is 0.0480. The van der Waals surface area contributed by atoms with Gasteiger partial charge in [0.15, 0.2) is 0 Å². The smallest absolute Gasteiger partial charge is 0.328 e. The molecule has 3 rings (SSSR count). The zero-order chi connectivity index (χ0) is 18.0. The molecule has 25 heavy (non-hydrogen) atoms. The summed E-state index contributed by atoms with van der Waals surface area (Å²) in [6.45, 7) is 4.67. The van der Waals surface area contributed by atoms with Gasteiger partial charge in [-0.05, 0) is 30.4 Å². The summed E-state index contributed by atoms with van der Waals surface area (Å²) in [5, 5.41) is 3.58. The van der Waals surface area contributed by atoms with E-state index in [1.54, 1.807) is 24.3 Å². The van der Waals surface area contributed by atoms with Gasteiger partial charge in [0.05, 0.1) is 10.9 Å². The van der Waals surface area contributed by atoms with Crippen LogP contribution in [0.1, 0.15) is 39.5 Å². The fourth-order valence-electron chi connectivity index (χ4n) is 3.74. The predicted molar refractivity (Wildman–Crippen MR) is 97.6 cm³/mol. The largest absolute Gasteiger partial charge is 0.353 e. The standard InChI is InChI=1S/C19H25N3O3/c1-12-6-5-8-15(13(12)2)20-17(23)10-11-22-16-9-4-3-7-14(16)18(24)21-19(22)25/h3-4,7,9,12-13,15H,5-6,8,10-11H2,1-2H3,(H,20,23)(H,21,24,25). The van der Waals surface area contributed by atoms with E-state index in [1.807, 2.05) is 0 Å². The number of rotatable bonds is 4. The Labute approximate surface area is 146 Å². The third kappa shape index (κ3) is 3.67. The van der Waals surface area contributed by atoms with Gasteiger partial charge in [0, 0.05) is 19.0 Å². The van der Waals surface area contributed by atoms with Crippen molar-refractivity contribution in [1.82, 2.24) is 14.9 Å². The monoisotopic (exact) mass is 343 g/mol. The van der Waals surface area contributed by atoms with Gasteiger partial charge in [0.1, 0.15) is 0 Å². The number of H-pyrrole nitrogens is 1. The number of aryl methyl sites for hydroxylation is 1. The molecule has 1 heterocycles. The molecule has 0 radical (unpaired) electrons. The molecule has 2 aromatic rings. The number of amides is 1. The molecule has 6 heteroatoms. The lowest BCUT2D eigenvalue weighted by Crippen LogP contribution is -2.44. The van der Waals surface area contributed by atoms with Crippen molar-refractivity contribution >= 4 is 16.8 Å². The lowest BCUT2D eigenvalue weighted by atomic mass is 9.78. The molecule has 1 saturated carbocycles. The van der Waals surface area contributed by atoms with Crippen molar-refractivity contribution in [3.8, 4) is 0 Å². The maximum atomic E-state index is 12.4. The van der Waals surface area contributed by atoms with Crippen molar-refractivity contribution < 1.29 is 4.79 Å². The van der Waals surface area contributed by atoms with E-state index in [9.17, 15) is 14.4 Å². The first-order valence-electron chi connectivity index (χ1n) is 8.98. The van der Waals surface area contributed by atoms with Crippen molar-refractivity contribution in [2.75, 3.05) is 0 Å². The number of aromatic amines is 1. The van der Waals surface area contributed by atoms with E-state index in [0.29, 0.717) is 22.7 Å². The molecule has 1 amide bonds. The molecule has 0 aliphatic heterocycles. The number of para-hydroxylation sites is 1. The van der Waals surface area contributed by atoms with Crippen LogP contribution in [0.5, 0.6) is 0 Å². The highest BCUT2D eigenvalue weighted by atomic mass is 16.2. The molecule has 0 bridgehead atoms.